The number of rotatable bonds is 4. The third-order valence-electron chi connectivity index (χ3n) is 6.16. The maximum atomic E-state index is 13.1. The Kier molecular flexibility index (Phi) is 6.11. The van der Waals surface area contributed by atoms with Crippen LogP contribution in [0.2, 0.25) is 0 Å². The lowest BCUT2D eigenvalue weighted by molar-refractivity contribution is -0.137. The molecule has 2 aliphatic heterocycles. The minimum Gasteiger partial charge on any atom is -0.340 e. The zero-order chi connectivity index (χ0) is 22.0. The van der Waals surface area contributed by atoms with Crippen LogP contribution in [0.5, 0.6) is 0 Å². The lowest BCUT2D eigenvalue weighted by Crippen LogP contribution is -2.51. The molecule has 1 atom stereocenters. The van der Waals surface area contributed by atoms with Gasteiger partial charge in [0.25, 0.3) is 0 Å². The summed E-state index contributed by atoms with van der Waals surface area (Å²) in [4.78, 5) is 29.0. The van der Waals surface area contributed by atoms with Gasteiger partial charge in [-0.3, -0.25) is 9.59 Å². The van der Waals surface area contributed by atoms with E-state index in [-0.39, 0.29) is 42.3 Å². The molecule has 2 heterocycles. The van der Waals surface area contributed by atoms with E-state index in [0.717, 1.165) is 12.0 Å². The largest absolute Gasteiger partial charge is 0.340 e. The Morgan fingerprint density at radius 3 is 2.23 bits per heavy atom. The van der Waals surface area contributed by atoms with Gasteiger partial charge >= 0.3 is 0 Å². The highest BCUT2D eigenvalue weighted by Gasteiger charge is 2.34. The minimum atomic E-state index is -3.56. The quantitative estimate of drug-likeness (QED) is 0.728. The number of carbonyl (C=O) groups is 2. The molecule has 0 spiro atoms. The second-order valence-electron chi connectivity index (χ2n) is 7.98. The molecule has 7 nitrogen and oxygen atoms in total. The fourth-order valence-corrected chi connectivity index (χ4v) is 5.91. The van der Waals surface area contributed by atoms with Crippen LogP contribution < -0.4 is 0 Å². The molecule has 0 radical (unpaired) electrons. The van der Waals surface area contributed by atoms with Crippen LogP contribution in [0, 0.1) is 0 Å². The lowest BCUT2D eigenvalue weighted by Gasteiger charge is -2.39. The molecule has 31 heavy (non-hydrogen) atoms. The summed E-state index contributed by atoms with van der Waals surface area (Å²) in [7, 11) is -3.56. The van der Waals surface area contributed by atoms with Gasteiger partial charge in [0.2, 0.25) is 21.8 Å². The Morgan fingerprint density at radius 2 is 1.55 bits per heavy atom. The van der Waals surface area contributed by atoms with E-state index >= 15 is 0 Å². The Hall–Kier alpha value is -2.71. The predicted octanol–water partition coefficient (Wildman–Crippen LogP) is 2.06. The predicted molar refractivity (Wildman–Crippen MR) is 117 cm³/mol. The highest BCUT2D eigenvalue weighted by Crippen LogP contribution is 2.33. The zero-order valence-electron chi connectivity index (χ0n) is 17.6. The van der Waals surface area contributed by atoms with Crippen molar-refractivity contribution < 1.29 is 18.0 Å². The fourth-order valence-electron chi connectivity index (χ4n) is 4.46. The van der Waals surface area contributed by atoms with Crippen LogP contribution in [-0.2, 0) is 26.0 Å². The number of carbonyl (C=O) groups excluding carboxylic acids is 2. The number of hydrogen-bond acceptors (Lipinski definition) is 4. The summed E-state index contributed by atoms with van der Waals surface area (Å²) in [6.07, 6.45) is 0.999. The first-order valence-electron chi connectivity index (χ1n) is 10.6. The van der Waals surface area contributed by atoms with Crippen molar-refractivity contribution in [2.45, 2.75) is 30.7 Å². The zero-order valence-corrected chi connectivity index (χ0v) is 18.4. The van der Waals surface area contributed by atoms with Gasteiger partial charge in [0.1, 0.15) is 0 Å². The van der Waals surface area contributed by atoms with E-state index in [4.69, 9.17) is 0 Å². The first-order chi connectivity index (χ1) is 14.9. The first-order valence-corrected chi connectivity index (χ1v) is 12.0. The van der Waals surface area contributed by atoms with Crippen molar-refractivity contribution in [2.75, 3.05) is 32.7 Å². The second kappa shape index (κ2) is 8.80. The molecule has 0 bridgehead atoms. The number of nitrogens with zero attached hydrogens (tertiary/aromatic N) is 3. The van der Waals surface area contributed by atoms with E-state index in [0.29, 0.717) is 19.6 Å². The van der Waals surface area contributed by atoms with Crippen LogP contribution in [0.1, 0.15) is 30.5 Å². The van der Waals surface area contributed by atoms with Crippen LogP contribution in [0.4, 0.5) is 0 Å². The number of amides is 2. The summed E-state index contributed by atoms with van der Waals surface area (Å²) in [5, 5.41) is 0. The van der Waals surface area contributed by atoms with Crippen molar-refractivity contribution in [2.24, 2.45) is 0 Å². The Morgan fingerprint density at radius 1 is 0.903 bits per heavy atom. The number of sulfonamides is 1. The van der Waals surface area contributed by atoms with Crippen LogP contribution in [0.25, 0.3) is 0 Å². The molecule has 8 heteroatoms. The molecule has 0 aliphatic carbocycles. The first kappa shape index (κ1) is 21.5. The van der Waals surface area contributed by atoms with Gasteiger partial charge in [-0.05, 0) is 29.7 Å². The Bertz CT molecular complexity index is 1060. The average molecular weight is 442 g/mol. The van der Waals surface area contributed by atoms with Crippen molar-refractivity contribution in [1.29, 1.82) is 0 Å². The Balaban J connectivity index is 1.44. The maximum absolute atomic E-state index is 13.1. The van der Waals surface area contributed by atoms with E-state index in [2.05, 4.69) is 6.07 Å². The summed E-state index contributed by atoms with van der Waals surface area (Å²) >= 11 is 0. The smallest absolute Gasteiger partial charge is 0.243 e. The topological polar surface area (TPSA) is 78.0 Å². The van der Waals surface area contributed by atoms with Crippen molar-refractivity contribution in [3.63, 3.8) is 0 Å². The highest BCUT2D eigenvalue weighted by molar-refractivity contribution is 7.89. The number of piperazine rings is 1. The van der Waals surface area contributed by atoms with E-state index < -0.39 is 10.0 Å². The molecular weight excluding hydrogens is 414 g/mol. The monoisotopic (exact) mass is 441 g/mol. The van der Waals surface area contributed by atoms with Crippen molar-refractivity contribution in [1.82, 2.24) is 14.1 Å². The summed E-state index contributed by atoms with van der Waals surface area (Å²) in [5.74, 6) is -0.0872. The van der Waals surface area contributed by atoms with E-state index in [1.54, 1.807) is 47.1 Å². The molecule has 164 valence electrons. The number of fused-ring (bicyclic) bond motifs is 1. The van der Waals surface area contributed by atoms with Gasteiger partial charge in [-0.1, -0.05) is 42.5 Å². The molecule has 2 aromatic rings. The van der Waals surface area contributed by atoms with Gasteiger partial charge < -0.3 is 9.80 Å². The molecule has 4 rings (SSSR count). The fraction of sp³-hybridized carbons (Fsp3) is 0.391. The molecule has 2 amide bonds. The summed E-state index contributed by atoms with van der Waals surface area (Å²) in [5.41, 5.74) is 2.21. The highest BCUT2D eigenvalue weighted by atomic mass is 32.2. The average Bonchev–Trinajstić information content (AvgIpc) is 2.79. The molecule has 0 saturated carbocycles. The van der Waals surface area contributed by atoms with Crippen LogP contribution >= 0.6 is 0 Å². The van der Waals surface area contributed by atoms with Gasteiger partial charge in [-0.2, -0.15) is 4.31 Å². The second-order valence-corrected chi connectivity index (χ2v) is 9.92. The standard InChI is InChI=1S/C23H27N3O4S/c1-18(27)26-12-11-19-7-5-6-10-21(19)22(26)17-23(28)24-13-15-25(16-14-24)31(29,30)20-8-3-2-4-9-20/h2-10,22H,11-17H2,1H3. The van der Waals surface area contributed by atoms with E-state index in [9.17, 15) is 18.0 Å². The van der Waals surface area contributed by atoms with Crippen LogP contribution in [0.3, 0.4) is 0 Å². The molecular formula is C23H27N3O4S. The molecule has 0 N–H and O–H groups in total. The Labute approximate surface area is 183 Å². The molecule has 1 fully saturated rings. The van der Waals surface area contributed by atoms with Gasteiger partial charge in [0.15, 0.2) is 0 Å². The van der Waals surface area contributed by atoms with Crippen molar-refractivity contribution >= 4 is 21.8 Å². The van der Waals surface area contributed by atoms with E-state index in [1.165, 1.54) is 9.87 Å². The molecule has 0 aromatic heterocycles. The molecule has 1 saturated heterocycles. The molecule has 2 aliphatic rings. The maximum Gasteiger partial charge on any atom is 0.243 e. The van der Waals surface area contributed by atoms with Crippen molar-refractivity contribution in [3.05, 3.63) is 65.7 Å². The SMILES string of the molecule is CC(=O)N1CCc2ccccc2C1CC(=O)N1CCN(S(=O)(=O)c2ccccc2)CC1. The van der Waals surface area contributed by atoms with Crippen molar-refractivity contribution in [3.8, 4) is 0 Å². The third kappa shape index (κ3) is 4.36. The third-order valence-corrected chi connectivity index (χ3v) is 8.07. The van der Waals surface area contributed by atoms with Crippen LogP contribution in [-0.4, -0.2) is 67.1 Å². The van der Waals surface area contributed by atoms with E-state index in [1.807, 2.05) is 18.2 Å². The van der Waals surface area contributed by atoms with Gasteiger partial charge in [0, 0.05) is 39.6 Å². The summed E-state index contributed by atoms with van der Waals surface area (Å²) in [6.45, 7) is 3.37. The van der Waals surface area contributed by atoms with Gasteiger partial charge in [0.05, 0.1) is 17.4 Å². The van der Waals surface area contributed by atoms with Gasteiger partial charge in [-0.15, -0.1) is 0 Å². The van der Waals surface area contributed by atoms with Crippen LogP contribution in [0.15, 0.2) is 59.5 Å². The molecule has 2 aromatic carbocycles. The summed E-state index contributed by atoms with van der Waals surface area (Å²) < 4.78 is 27.1. The van der Waals surface area contributed by atoms with Gasteiger partial charge in [-0.25, -0.2) is 8.42 Å². The number of benzene rings is 2. The lowest BCUT2D eigenvalue weighted by atomic mass is 9.90. The number of hydrogen-bond donors (Lipinski definition) is 0. The normalized spacial score (nSPS) is 19.7. The minimum absolute atomic E-state index is 0.0360. The summed E-state index contributed by atoms with van der Waals surface area (Å²) in [6, 6.07) is 16.0. The molecule has 1 unspecified atom stereocenters.